The number of thiazole rings is 1. The van der Waals surface area contributed by atoms with Gasteiger partial charge in [-0.2, -0.15) is 4.99 Å². The van der Waals surface area contributed by atoms with Crippen LogP contribution in [-0.2, 0) is 11.3 Å². The molecule has 19 heavy (non-hydrogen) atoms. The number of amides is 1. The highest BCUT2D eigenvalue weighted by atomic mass is 79.9. The minimum absolute atomic E-state index is 0.0639. The summed E-state index contributed by atoms with van der Waals surface area (Å²) in [7, 11) is 0. The third-order valence-electron chi connectivity index (χ3n) is 2.64. The number of benzene rings is 1. The summed E-state index contributed by atoms with van der Waals surface area (Å²) in [6.45, 7) is 6.40. The summed E-state index contributed by atoms with van der Waals surface area (Å²) in [5.41, 5.74) is 1.08. The number of hydrogen-bond donors (Lipinski definition) is 0. The Morgan fingerprint density at radius 2 is 2.37 bits per heavy atom. The first-order valence-electron chi connectivity index (χ1n) is 6.13. The van der Waals surface area contributed by atoms with E-state index in [-0.39, 0.29) is 5.91 Å². The second-order valence-electron chi connectivity index (χ2n) is 4.15. The second kappa shape index (κ2) is 6.30. The van der Waals surface area contributed by atoms with E-state index in [0.717, 1.165) is 25.9 Å². The van der Waals surface area contributed by atoms with Crippen molar-refractivity contribution < 1.29 is 4.79 Å². The van der Waals surface area contributed by atoms with E-state index in [1.807, 2.05) is 35.8 Å². The Morgan fingerprint density at radius 3 is 3.05 bits per heavy atom. The molecule has 0 unspecified atom stereocenters. The summed E-state index contributed by atoms with van der Waals surface area (Å²) < 4.78 is 4.16. The summed E-state index contributed by atoms with van der Waals surface area (Å²) in [6.07, 6.45) is 3.13. The van der Waals surface area contributed by atoms with Gasteiger partial charge in [-0.05, 0) is 24.6 Å². The summed E-state index contributed by atoms with van der Waals surface area (Å²) in [4.78, 5) is 16.7. The number of aromatic nitrogens is 1. The molecule has 0 aliphatic rings. The molecule has 2 aromatic rings. The van der Waals surface area contributed by atoms with Gasteiger partial charge in [0.15, 0.2) is 4.80 Å². The van der Waals surface area contributed by atoms with Crippen molar-refractivity contribution in [1.29, 1.82) is 0 Å². The van der Waals surface area contributed by atoms with Crippen LogP contribution in [0.5, 0.6) is 0 Å². The Balaban J connectivity index is 2.62. The maximum Gasteiger partial charge on any atom is 0.248 e. The molecule has 1 aromatic carbocycles. The molecule has 0 bridgehead atoms. The van der Waals surface area contributed by atoms with Crippen molar-refractivity contribution in [3.63, 3.8) is 0 Å². The average Bonchev–Trinajstić information content (AvgIpc) is 2.67. The van der Waals surface area contributed by atoms with Crippen LogP contribution < -0.4 is 4.80 Å². The predicted molar refractivity (Wildman–Crippen MR) is 83.2 cm³/mol. The first kappa shape index (κ1) is 14.2. The van der Waals surface area contributed by atoms with Crippen LogP contribution in [0.2, 0.25) is 0 Å². The van der Waals surface area contributed by atoms with Crippen molar-refractivity contribution in [2.24, 2.45) is 4.99 Å². The van der Waals surface area contributed by atoms with Crippen molar-refractivity contribution in [3.05, 3.63) is 40.1 Å². The lowest BCUT2D eigenvalue weighted by molar-refractivity contribution is -0.118. The normalized spacial score (nSPS) is 12.0. The molecule has 5 heteroatoms. The van der Waals surface area contributed by atoms with Crippen molar-refractivity contribution in [1.82, 2.24) is 4.57 Å². The van der Waals surface area contributed by atoms with Crippen molar-refractivity contribution >= 4 is 43.4 Å². The Morgan fingerprint density at radius 1 is 1.58 bits per heavy atom. The predicted octanol–water partition coefficient (Wildman–Crippen LogP) is 3.88. The van der Waals surface area contributed by atoms with Gasteiger partial charge in [-0.25, -0.2) is 0 Å². The molecule has 0 radical (unpaired) electrons. The topological polar surface area (TPSA) is 34.4 Å². The van der Waals surface area contributed by atoms with Crippen LogP contribution in [-0.4, -0.2) is 10.5 Å². The van der Waals surface area contributed by atoms with E-state index < -0.39 is 0 Å². The molecule has 0 spiro atoms. The zero-order valence-electron chi connectivity index (χ0n) is 10.7. The van der Waals surface area contributed by atoms with Gasteiger partial charge in [-0.1, -0.05) is 40.3 Å². The Hall–Kier alpha value is -1.20. The molecule has 1 heterocycles. The van der Waals surface area contributed by atoms with Gasteiger partial charge in [0.25, 0.3) is 0 Å². The van der Waals surface area contributed by atoms with Gasteiger partial charge >= 0.3 is 0 Å². The fourth-order valence-corrected chi connectivity index (χ4v) is 3.42. The fraction of sp³-hybridized carbons (Fsp3) is 0.286. The van der Waals surface area contributed by atoms with E-state index in [0.29, 0.717) is 13.0 Å². The standard InChI is InChI=1S/C14H15BrN2OS/c1-3-5-13(18)16-14-17(8-4-2)11-7-6-10(15)9-12(11)19-14/h4,6-7,9H,2-3,5,8H2,1H3. The second-order valence-corrected chi connectivity index (χ2v) is 6.08. The number of halogens is 1. The van der Waals surface area contributed by atoms with E-state index in [4.69, 9.17) is 0 Å². The van der Waals surface area contributed by atoms with Gasteiger partial charge in [0, 0.05) is 17.4 Å². The molecule has 0 aliphatic heterocycles. The van der Waals surface area contributed by atoms with Crippen LogP contribution in [0.15, 0.2) is 40.3 Å². The van der Waals surface area contributed by atoms with Crippen molar-refractivity contribution in [3.8, 4) is 0 Å². The Kier molecular flexibility index (Phi) is 4.71. The number of rotatable bonds is 4. The monoisotopic (exact) mass is 338 g/mol. The lowest BCUT2D eigenvalue weighted by atomic mass is 10.3. The van der Waals surface area contributed by atoms with E-state index in [9.17, 15) is 4.79 Å². The highest BCUT2D eigenvalue weighted by Gasteiger charge is 2.07. The first-order chi connectivity index (χ1) is 9.15. The van der Waals surface area contributed by atoms with Gasteiger partial charge in [0.2, 0.25) is 5.91 Å². The molecule has 100 valence electrons. The van der Waals surface area contributed by atoms with E-state index in [1.54, 1.807) is 0 Å². The van der Waals surface area contributed by atoms with Gasteiger partial charge in [0.1, 0.15) is 0 Å². The lowest BCUT2D eigenvalue weighted by Gasteiger charge is -2.00. The Bertz CT molecular complexity index is 684. The van der Waals surface area contributed by atoms with Crippen LogP contribution in [0.3, 0.4) is 0 Å². The zero-order valence-corrected chi connectivity index (χ0v) is 13.1. The average molecular weight is 339 g/mol. The van der Waals surface area contributed by atoms with Crippen molar-refractivity contribution in [2.45, 2.75) is 26.3 Å². The van der Waals surface area contributed by atoms with Crippen LogP contribution in [0.1, 0.15) is 19.8 Å². The first-order valence-corrected chi connectivity index (χ1v) is 7.74. The van der Waals surface area contributed by atoms with E-state index in [2.05, 4.69) is 27.5 Å². The summed E-state index contributed by atoms with van der Waals surface area (Å²) in [5, 5.41) is 0. The molecular formula is C14H15BrN2OS. The SMILES string of the molecule is C=CCn1c(=NC(=O)CCC)sc2cc(Br)ccc21. The van der Waals surface area contributed by atoms with Gasteiger partial charge in [0.05, 0.1) is 10.2 Å². The van der Waals surface area contributed by atoms with Gasteiger partial charge < -0.3 is 4.57 Å². The fourth-order valence-electron chi connectivity index (χ4n) is 1.81. The summed E-state index contributed by atoms with van der Waals surface area (Å²) >= 11 is 4.99. The summed E-state index contributed by atoms with van der Waals surface area (Å²) in [5.74, 6) is -0.0639. The molecule has 3 nitrogen and oxygen atoms in total. The Labute approximate surface area is 124 Å². The largest absolute Gasteiger partial charge is 0.313 e. The van der Waals surface area contributed by atoms with E-state index in [1.165, 1.54) is 11.3 Å². The van der Waals surface area contributed by atoms with Gasteiger partial charge in [-0.3, -0.25) is 4.79 Å². The number of fused-ring (bicyclic) bond motifs is 1. The van der Waals surface area contributed by atoms with Gasteiger partial charge in [-0.15, -0.1) is 6.58 Å². The maximum atomic E-state index is 11.7. The van der Waals surface area contributed by atoms with Crippen LogP contribution in [0.4, 0.5) is 0 Å². The van der Waals surface area contributed by atoms with Crippen LogP contribution in [0, 0.1) is 0 Å². The molecular weight excluding hydrogens is 324 g/mol. The number of nitrogens with zero attached hydrogens (tertiary/aromatic N) is 2. The lowest BCUT2D eigenvalue weighted by Crippen LogP contribution is -2.16. The minimum Gasteiger partial charge on any atom is -0.313 e. The molecule has 0 aliphatic carbocycles. The highest BCUT2D eigenvalue weighted by molar-refractivity contribution is 9.10. The molecule has 0 N–H and O–H groups in total. The third-order valence-corrected chi connectivity index (χ3v) is 4.18. The molecule has 0 fully saturated rings. The molecule has 2 rings (SSSR count). The van der Waals surface area contributed by atoms with E-state index >= 15 is 0 Å². The summed E-state index contributed by atoms with van der Waals surface area (Å²) in [6, 6.07) is 6.07. The zero-order chi connectivity index (χ0) is 13.8. The molecule has 1 aromatic heterocycles. The quantitative estimate of drug-likeness (QED) is 0.779. The highest BCUT2D eigenvalue weighted by Crippen LogP contribution is 2.22. The number of carbonyl (C=O) groups excluding carboxylic acids is 1. The number of hydrogen-bond acceptors (Lipinski definition) is 2. The molecule has 0 saturated carbocycles. The number of allylic oxidation sites excluding steroid dienone is 1. The molecule has 0 atom stereocenters. The smallest absolute Gasteiger partial charge is 0.248 e. The maximum absolute atomic E-state index is 11.7. The van der Waals surface area contributed by atoms with Crippen molar-refractivity contribution in [2.75, 3.05) is 0 Å². The minimum atomic E-state index is -0.0639. The number of carbonyl (C=O) groups is 1. The third kappa shape index (κ3) is 3.22. The van der Waals surface area contributed by atoms with Crippen LogP contribution >= 0.6 is 27.3 Å². The van der Waals surface area contributed by atoms with Crippen LogP contribution in [0.25, 0.3) is 10.2 Å². The molecule has 0 saturated heterocycles. The molecule has 1 amide bonds.